The number of piperidine rings is 1. The molecule has 0 aliphatic carbocycles. The van der Waals surface area contributed by atoms with Crippen molar-refractivity contribution in [2.75, 3.05) is 19.8 Å². The average Bonchev–Trinajstić information content (AvgIpc) is 3.15. The first-order valence-corrected chi connectivity index (χ1v) is 8.81. The Hall–Kier alpha value is -2.08. The Morgan fingerprint density at radius 2 is 2.09 bits per heavy atom. The molecule has 120 valence electrons. The average molecular weight is 330 g/mol. The lowest BCUT2D eigenvalue weighted by Gasteiger charge is -2.34. The summed E-state index contributed by atoms with van der Waals surface area (Å²) in [7, 11) is 0. The first-order valence-electron chi connectivity index (χ1n) is 7.93. The number of carbonyl (C=O) groups is 1. The summed E-state index contributed by atoms with van der Waals surface area (Å²) in [6.45, 7) is 1.85. The lowest BCUT2D eigenvalue weighted by atomic mass is 10.0. The zero-order valence-electron chi connectivity index (χ0n) is 12.7. The van der Waals surface area contributed by atoms with Gasteiger partial charge in [0.05, 0.1) is 6.04 Å². The Morgan fingerprint density at radius 3 is 2.91 bits per heavy atom. The van der Waals surface area contributed by atoms with E-state index in [1.807, 2.05) is 22.4 Å². The third-order valence-corrected chi connectivity index (χ3v) is 5.17. The number of nitrogens with zero attached hydrogens (tertiary/aromatic N) is 2. The van der Waals surface area contributed by atoms with Crippen LogP contribution in [-0.2, 0) is 0 Å². The molecular formula is C17H18N2O3S. The number of rotatable bonds is 2. The van der Waals surface area contributed by atoms with E-state index in [1.54, 1.807) is 23.6 Å². The second kappa shape index (κ2) is 6.20. The second-order valence-electron chi connectivity index (χ2n) is 5.74. The smallest absolute Gasteiger partial charge is 0.254 e. The molecular weight excluding hydrogens is 312 g/mol. The topological polar surface area (TPSA) is 51.7 Å². The van der Waals surface area contributed by atoms with E-state index in [0.29, 0.717) is 30.3 Å². The second-order valence-corrected chi connectivity index (χ2v) is 6.67. The molecule has 2 aromatic rings. The van der Waals surface area contributed by atoms with E-state index in [9.17, 15) is 4.79 Å². The number of thiazole rings is 1. The van der Waals surface area contributed by atoms with Crippen LogP contribution < -0.4 is 9.47 Å². The van der Waals surface area contributed by atoms with Crippen LogP contribution in [0.1, 0.15) is 40.7 Å². The van der Waals surface area contributed by atoms with Crippen LogP contribution in [0.25, 0.3) is 0 Å². The number of hydrogen-bond acceptors (Lipinski definition) is 5. The summed E-state index contributed by atoms with van der Waals surface area (Å²) in [5, 5.41) is 2.99. The molecule has 0 saturated carbocycles. The van der Waals surface area contributed by atoms with Gasteiger partial charge in [-0.1, -0.05) is 0 Å². The van der Waals surface area contributed by atoms with E-state index >= 15 is 0 Å². The molecule has 4 rings (SSSR count). The van der Waals surface area contributed by atoms with Gasteiger partial charge in [-0.3, -0.25) is 4.79 Å². The molecule has 1 saturated heterocycles. The van der Waals surface area contributed by atoms with Crippen LogP contribution in [0.5, 0.6) is 11.5 Å². The molecule has 3 heterocycles. The molecule has 1 fully saturated rings. The fourth-order valence-corrected chi connectivity index (χ4v) is 3.96. The highest BCUT2D eigenvalue weighted by Crippen LogP contribution is 2.35. The van der Waals surface area contributed by atoms with Crippen molar-refractivity contribution in [1.82, 2.24) is 9.88 Å². The van der Waals surface area contributed by atoms with Gasteiger partial charge in [0.1, 0.15) is 18.2 Å². The molecule has 2 aliphatic rings. The lowest BCUT2D eigenvalue weighted by molar-refractivity contribution is 0.0610. The maximum atomic E-state index is 13.0. The number of fused-ring (bicyclic) bond motifs is 1. The molecule has 1 atom stereocenters. The van der Waals surface area contributed by atoms with Crippen LogP contribution in [0.2, 0.25) is 0 Å². The summed E-state index contributed by atoms with van der Waals surface area (Å²) in [5.41, 5.74) is 0.651. The van der Waals surface area contributed by atoms with Crippen molar-refractivity contribution in [3.8, 4) is 11.5 Å². The van der Waals surface area contributed by atoms with Crippen molar-refractivity contribution < 1.29 is 14.3 Å². The normalized spacial score (nSPS) is 20.3. The molecule has 1 amide bonds. The van der Waals surface area contributed by atoms with Crippen LogP contribution >= 0.6 is 11.3 Å². The van der Waals surface area contributed by atoms with Crippen molar-refractivity contribution in [3.63, 3.8) is 0 Å². The van der Waals surface area contributed by atoms with Gasteiger partial charge in [0.15, 0.2) is 11.5 Å². The maximum absolute atomic E-state index is 13.0. The molecule has 6 heteroatoms. The predicted molar refractivity (Wildman–Crippen MR) is 87.2 cm³/mol. The van der Waals surface area contributed by atoms with Crippen LogP contribution in [-0.4, -0.2) is 35.5 Å². The Kier molecular flexibility index (Phi) is 3.91. The third-order valence-electron chi connectivity index (χ3n) is 4.29. The minimum atomic E-state index is 0.0434. The summed E-state index contributed by atoms with van der Waals surface area (Å²) in [6, 6.07) is 5.53. The summed E-state index contributed by atoms with van der Waals surface area (Å²) in [4.78, 5) is 19.4. The van der Waals surface area contributed by atoms with Crippen molar-refractivity contribution in [2.45, 2.75) is 25.3 Å². The summed E-state index contributed by atoms with van der Waals surface area (Å²) in [5.74, 6) is 1.41. The van der Waals surface area contributed by atoms with Gasteiger partial charge in [0.2, 0.25) is 0 Å². The van der Waals surface area contributed by atoms with Crippen LogP contribution in [0.3, 0.4) is 0 Å². The van der Waals surface area contributed by atoms with Gasteiger partial charge < -0.3 is 14.4 Å². The first-order chi connectivity index (χ1) is 11.3. The van der Waals surface area contributed by atoms with Crippen LogP contribution in [0.4, 0.5) is 0 Å². The highest BCUT2D eigenvalue weighted by Gasteiger charge is 2.30. The van der Waals surface area contributed by atoms with E-state index < -0.39 is 0 Å². The number of aromatic nitrogens is 1. The van der Waals surface area contributed by atoms with Gasteiger partial charge >= 0.3 is 0 Å². The Bertz CT molecular complexity index is 702. The molecule has 2 aliphatic heterocycles. The zero-order valence-corrected chi connectivity index (χ0v) is 13.6. The molecule has 1 aromatic carbocycles. The fraction of sp³-hybridized carbons (Fsp3) is 0.412. The lowest BCUT2D eigenvalue weighted by Crippen LogP contribution is -2.38. The molecule has 5 nitrogen and oxygen atoms in total. The summed E-state index contributed by atoms with van der Waals surface area (Å²) >= 11 is 1.62. The summed E-state index contributed by atoms with van der Waals surface area (Å²) < 4.78 is 11.1. The number of ether oxygens (including phenoxy) is 2. The molecule has 0 radical (unpaired) electrons. The minimum Gasteiger partial charge on any atom is -0.486 e. The van der Waals surface area contributed by atoms with Gasteiger partial charge in [-0.2, -0.15) is 0 Å². The molecule has 0 spiro atoms. The van der Waals surface area contributed by atoms with Gasteiger partial charge in [-0.25, -0.2) is 4.98 Å². The molecule has 23 heavy (non-hydrogen) atoms. The molecule has 1 unspecified atom stereocenters. The van der Waals surface area contributed by atoms with E-state index in [2.05, 4.69) is 4.98 Å². The van der Waals surface area contributed by atoms with Crippen LogP contribution in [0, 0.1) is 0 Å². The van der Waals surface area contributed by atoms with Gasteiger partial charge in [-0.05, 0) is 37.5 Å². The van der Waals surface area contributed by atoms with Gasteiger partial charge in [-0.15, -0.1) is 11.3 Å². The highest BCUT2D eigenvalue weighted by molar-refractivity contribution is 7.09. The van der Waals surface area contributed by atoms with E-state index in [4.69, 9.17) is 9.47 Å². The maximum Gasteiger partial charge on any atom is 0.254 e. The SMILES string of the molecule is O=C(c1ccc2c(c1)OCCO2)N1CCCCC1c1nccs1. The number of hydrogen-bond donors (Lipinski definition) is 0. The Balaban J connectivity index is 1.62. The van der Waals surface area contributed by atoms with Gasteiger partial charge in [0.25, 0.3) is 5.91 Å². The van der Waals surface area contributed by atoms with E-state index in [1.165, 1.54) is 0 Å². The quantitative estimate of drug-likeness (QED) is 0.848. The Morgan fingerprint density at radius 1 is 1.22 bits per heavy atom. The van der Waals surface area contributed by atoms with Crippen molar-refractivity contribution in [2.24, 2.45) is 0 Å². The van der Waals surface area contributed by atoms with Gasteiger partial charge in [0, 0.05) is 23.7 Å². The minimum absolute atomic E-state index is 0.0434. The summed E-state index contributed by atoms with van der Waals surface area (Å²) in [6.07, 6.45) is 4.96. The molecule has 1 aromatic heterocycles. The number of benzene rings is 1. The Labute approximate surface area is 138 Å². The van der Waals surface area contributed by atoms with Crippen molar-refractivity contribution in [3.05, 3.63) is 40.3 Å². The number of likely N-dealkylation sites (tertiary alicyclic amines) is 1. The zero-order chi connectivity index (χ0) is 15.6. The number of amides is 1. The highest BCUT2D eigenvalue weighted by atomic mass is 32.1. The molecule has 0 N–H and O–H groups in total. The van der Waals surface area contributed by atoms with E-state index in [0.717, 1.165) is 30.8 Å². The first kappa shape index (κ1) is 14.5. The monoisotopic (exact) mass is 330 g/mol. The molecule has 0 bridgehead atoms. The van der Waals surface area contributed by atoms with E-state index in [-0.39, 0.29) is 11.9 Å². The largest absolute Gasteiger partial charge is 0.486 e. The third kappa shape index (κ3) is 2.79. The fourth-order valence-electron chi connectivity index (χ4n) is 3.17. The standard InChI is InChI=1S/C17H18N2O3S/c20-17(12-4-5-14-15(11-12)22-9-8-21-14)19-7-2-1-3-13(19)16-18-6-10-23-16/h4-6,10-11,13H,1-3,7-9H2. The number of carbonyl (C=O) groups excluding carboxylic acids is 1. The van der Waals surface area contributed by atoms with Crippen molar-refractivity contribution in [1.29, 1.82) is 0 Å². The van der Waals surface area contributed by atoms with Crippen molar-refractivity contribution >= 4 is 17.2 Å². The van der Waals surface area contributed by atoms with Crippen LogP contribution in [0.15, 0.2) is 29.8 Å². The predicted octanol–water partition coefficient (Wildman–Crippen LogP) is 3.28.